The molecule has 162 valence electrons. The van der Waals surface area contributed by atoms with Gasteiger partial charge in [-0.15, -0.1) is 0 Å². The highest BCUT2D eigenvalue weighted by molar-refractivity contribution is 7.93. The minimum atomic E-state index is -3.76. The molecule has 1 aliphatic rings. The number of carbonyl (C=O) groups excluding carboxylic acids is 1. The molecule has 0 saturated heterocycles. The van der Waals surface area contributed by atoms with Crippen molar-refractivity contribution in [1.29, 1.82) is 0 Å². The van der Waals surface area contributed by atoms with Gasteiger partial charge in [0.25, 0.3) is 5.91 Å². The number of aliphatic imine (C=N–C) groups is 1. The summed E-state index contributed by atoms with van der Waals surface area (Å²) in [6.45, 7) is 11.3. The van der Waals surface area contributed by atoms with Gasteiger partial charge >= 0.3 is 0 Å². The van der Waals surface area contributed by atoms with Crippen molar-refractivity contribution in [1.82, 2.24) is 0 Å². The number of nitrogens with one attached hydrogen (secondary N) is 1. The molecule has 0 fully saturated rings. The summed E-state index contributed by atoms with van der Waals surface area (Å²) >= 11 is 0. The number of carbonyl (C=O) groups is 1. The van der Waals surface area contributed by atoms with E-state index in [4.69, 9.17) is 12.3 Å². The molecule has 0 saturated carbocycles. The summed E-state index contributed by atoms with van der Waals surface area (Å²) in [5.41, 5.74) is 4.60. The number of aromatic hydroxyl groups is 1. The molecule has 1 aliphatic heterocycles. The van der Waals surface area contributed by atoms with Gasteiger partial charge in [0.15, 0.2) is 15.5 Å². The van der Waals surface area contributed by atoms with Gasteiger partial charge in [-0.1, -0.05) is 6.07 Å². The Morgan fingerprint density at radius 2 is 1.94 bits per heavy atom. The third-order valence-electron chi connectivity index (χ3n) is 5.40. The van der Waals surface area contributed by atoms with Crippen LogP contribution in [0.4, 0.5) is 15.8 Å². The summed E-state index contributed by atoms with van der Waals surface area (Å²) in [6.07, 6.45) is 0. The van der Waals surface area contributed by atoms with Crippen LogP contribution in [0.2, 0.25) is 0 Å². The quantitative estimate of drug-likeness (QED) is 0.495. The molecule has 31 heavy (non-hydrogen) atoms. The number of phenols is 1. The Bertz CT molecular complexity index is 1260. The van der Waals surface area contributed by atoms with Gasteiger partial charge < -0.3 is 16.2 Å². The average molecular weight is 444 g/mol. The number of nitrogens with two attached hydrogens (primary N) is 1. The van der Waals surface area contributed by atoms with Crippen LogP contribution in [0.25, 0.3) is 4.85 Å². The van der Waals surface area contributed by atoms with Crippen LogP contribution in [0.15, 0.2) is 41.4 Å². The summed E-state index contributed by atoms with van der Waals surface area (Å²) in [5, 5.41) is 12.5. The molecule has 2 aromatic carbocycles. The van der Waals surface area contributed by atoms with Crippen LogP contribution in [0.5, 0.6) is 5.75 Å². The van der Waals surface area contributed by atoms with Crippen molar-refractivity contribution < 1.29 is 22.7 Å². The molecule has 0 bridgehead atoms. The number of hydrogen-bond donors (Lipinski definition) is 3. The molecular weight excluding hydrogens is 423 g/mol. The van der Waals surface area contributed by atoms with E-state index in [0.717, 1.165) is 6.07 Å². The highest BCUT2D eigenvalue weighted by atomic mass is 32.2. The predicted molar refractivity (Wildman–Crippen MR) is 116 cm³/mol. The van der Waals surface area contributed by atoms with Crippen molar-refractivity contribution in [2.24, 2.45) is 10.7 Å². The van der Waals surface area contributed by atoms with Gasteiger partial charge in [-0.05, 0) is 51.1 Å². The fourth-order valence-electron chi connectivity index (χ4n) is 3.25. The fourth-order valence-corrected chi connectivity index (χ4v) is 4.93. The lowest BCUT2D eigenvalue weighted by Gasteiger charge is -2.38. The van der Waals surface area contributed by atoms with Crippen LogP contribution < -0.4 is 11.1 Å². The highest BCUT2D eigenvalue weighted by Gasteiger charge is 2.49. The van der Waals surface area contributed by atoms with Gasteiger partial charge in [0.05, 0.1) is 18.0 Å². The molecule has 4 N–H and O–H groups in total. The number of amidine groups is 1. The van der Waals surface area contributed by atoms with Crippen molar-refractivity contribution in [2.75, 3.05) is 11.1 Å². The summed E-state index contributed by atoms with van der Waals surface area (Å²) in [5.74, 6) is -2.30. The molecule has 1 atom stereocenters. The SMILES string of the molecule is [C-]#[N+]c1ccc(NC(=O)c2ccc(F)c([C@]3(C)CS(=O)(=O)C(C)(C)C(N)=N3)c2)c(O)c1. The monoisotopic (exact) mass is 444 g/mol. The van der Waals surface area contributed by atoms with Crippen molar-refractivity contribution >= 4 is 33.0 Å². The summed E-state index contributed by atoms with van der Waals surface area (Å²) in [6, 6.07) is 7.50. The Morgan fingerprint density at radius 3 is 2.52 bits per heavy atom. The zero-order chi connectivity index (χ0) is 23.2. The number of anilines is 1. The van der Waals surface area contributed by atoms with Gasteiger partial charge in [-0.2, -0.15) is 0 Å². The minimum Gasteiger partial charge on any atom is -0.507 e. The lowest BCUT2D eigenvalue weighted by atomic mass is 9.91. The van der Waals surface area contributed by atoms with Crippen LogP contribution >= 0.6 is 0 Å². The molecule has 0 spiro atoms. The zero-order valence-corrected chi connectivity index (χ0v) is 17.9. The van der Waals surface area contributed by atoms with E-state index >= 15 is 0 Å². The summed E-state index contributed by atoms with van der Waals surface area (Å²) in [7, 11) is -3.76. The second-order valence-corrected chi connectivity index (χ2v) is 10.5. The van der Waals surface area contributed by atoms with Gasteiger partial charge in [-0.25, -0.2) is 17.7 Å². The fraction of sp³-hybridized carbons (Fsp3) is 0.286. The maximum atomic E-state index is 14.7. The van der Waals surface area contributed by atoms with Crippen molar-refractivity contribution in [3.05, 3.63) is 64.8 Å². The van der Waals surface area contributed by atoms with E-state index in [9.17, 15) is 22.7 Å². The number of nitrogens with zero attached hydrogens (tertiary/aromatic N) is 2. The Labute approximate surface area is 179 Å². The first kappa shape index (κ1) is 22.2. The number of sulfone groups is 1. The van der Waals surface area contributed by atoms with Crippen LogP contribution in [0.1, 0.15) is 36.7 Å². The number of hydrogen-bond acceptors (Lipinski definition) is 6. The third kappa shape index (κ3) is 3.84. The van der Waals surface area contributed by atoms with Gasteiger partial charge in [0.2, 0.25) is 0 Å². The van der Waals surface area contributed by atoms with E-state index in [1.54, 1.807) is 0 Å². The molecule has 10 heteroatoms. The standard InChI is InChI=1S/C21H21FN4O4S/c1-20(2)19(23)26-21(3,11-31(20,29)30)14-9-12(5-7-15(14)22)18(28)25-16-8-6-13(24-4)10-17(16)27/h5-10,27H,11H2,1-3H3,(H2,23,26)(H,25,28)/t21-/m0/s1. The van der Waals surface area contributed by atoms with E-state index in [0.29, 0.717) is 0 Å². The molecule has 8 nitrogen and oxygen atoms in total. The molecule has 0 aliphatic carbocycles. The van der Waals surface area contributed by atoms with Crippen LogP contribution in [0, 0.1) is 12.4 Å². The van der Waals surface area contributed by atoms with E-state index in [1.165, 1.54) is 51.1 Å². The van der Waals surface area contributed by atoms with Crippen molar-refractivity contribution in [3.8, 4) is 5.75 Å². The van der Waals surface area contributed by atoms with E-state index < -0.39 is 37.6 Å². The van der Waals surface area contributed by atoms with Crippen LogP contribution in [-0.4, -0.2) is 35.8 Å². The highest BCUT2D eigenvalue weighted by Crippen LogP contribution is 2.38. The molecule has 1 heterocycles. The van der Waals surface area contributed by atoms with Crippen molar-refractivity contribution in [2.45, 2.75) is 31.1 Å². The van der Waals surface area contributed by atoms with E-state index in [1.807, 2.05) is 0 Å². The van der Waals surface area contributed by atoms with Gasteiger partial charge in [-0.3, -0.25) is 9.79 Å². The third-order valence-corrected chi connectivity index (χ3v) is 8.11. The van der Waals surface area contributed by atoms with Crippen LogP contribution in [0.3, 0.4) is 0 Å². The second-order valence-electron chi connectivity index (χ2n) is 8.00. The Balaban J connectivity index is 2.00. The number of phenolic OH excluding ortho intramolecular Hbond substituents is 1. The maximum absolute atomic E-state index is 14.7. The Kier molecular flexibility index (Phi) is 5.28. The Hall–Kier alpha value is -3.45. The molecular formula is C21H21FN4O4S. The average Bonchev–Trinajstić information content (AvgIpc) is 2.68. The molecule has 1 amide bonds. The van der Waals surface area contributed by atoms with E-state index in [-0.39, 0.29) is 34.1 Å². The maximum Gasteiger partial charge on any atom is 0.255 e. The summed E-state index contributed by atoms with van der Waals surface area (Å²) < 4.78 is 38.8. The minimum absolute atomic E-state index is 0.0299. The number of benzene rings is 2. The number of rotatable bonds is 3. The number of halogens is 1. The van der Waals surface area contributed by atoms with Gasteiger partial charge in [0, 0.05) is 11.1 Å². The van der Waals surface area contributed by atoms with E-state index in [2.05, 4.69) is 15.2 Å². The molecule has 0 radical (unpaired) electrons. The lowest BCUT2D eigenvalue weighted by molar-refractivity contribution is 0.102. The zero-order valence-electron chi connectivity index (χ0n) is 17.1. The first-order chi connectivity index (χ1) is 14.3. The predicted octanol–water partition coefficient (Wildman–Crippen LogP) is 3.11. The summed E-state index contributed by atoms with van der Waals surface area (Å²) in [4.78, 5) is 20.2. The smallest absolute Gasteiger partial charge is 0.255 e. The lowest BCUT2D eigenvalue weighted by Crippen LogP contribution is -2.55. The van der Waals surface area contributed by atoms with Crippen LogP contribution in [-0.2, 0) is 15.4 Å². The largest absolute Gasteiger partial charge is 0.507 e. The second kappa shape index (κ2) is 7.35. The number of amides is 1. The molecule has 0 aromatic heterocycles. The Morgan fingerprint density at radius 1 is 1.26 bits per heavy atom. The molecule has 2 aromatic rings. The first-order valence-electron chi connectivity index (χ1n) is 9.21. The normalized spacial score (nSPS) is 21.6. The van der Waals surface area contributed by atoms with Gasteiger partial charge in [0.1, 0.15) is 27.7 Å². The molecule has 0 unspecified atom stereocenters. The van der Waals surface area contributed by atoms with Crippen molar-refractivity contribution in [3.63, 3.8) is 0 Å². The molecule has 3 rings (SSSR count). The first-order valence-corrected chi connectivity index (χ1v) is 10.9. The topological polar surface area (TPSA) is 126 Å².